The highest BCUT2D eigenvalue weighted by atomic mass is 19.1. The molecule has 1 saturated heterocycles. The summed E-state index contributed by atoms with van der Waals surface area (Å²) >= 11 is 0. The second kappa shape index (κ2) is 6.24. The second-order valence-electron chi connectivity index (χ2n) is 7.80. The molecule has 2 aromatic rings. The van der Waals surface area contributed by atoms with E-state index in [9.17, 15) is 4.79 Å². The van der Waals surface area contributed by atoms with Crippen LogP contribution in [-0.2, 0) is 11.8 Å². The molecular formula is C17H25FN6O. The van der Waals surface area contributed by atoms with E-state index in [-0.39, 0.29) is 12.5 Å². The lowest BCUT2D eigenvalue weighted by molar-refractivity contribution is -0.129. The maximum absolute atomic E-state index is 15.1. The average Bonchev–Trinajstić information content (AvgIpc) is 2.94. The highest BCUT2D eigenvalue weighted by Crippen LogP contribution is 2.31. The van der Waals surface area contributed by atoms with E-state index in [0.717, 1.165) is 11.3 Å². The fourth-order valence-corrected chi connectivity index (χ4v) is 3.00. The molecule has 1 N–H and O–H groups in total. The number of alkyl halides is 1. The van der Waals surface area contributed by atoms with Crippen molar-refractivity contribution >= 4 is 22.9 Å². The number of nitrogens with zero attached hydrogens (tertiary/aromatic N) is 5. The topological polar surface area (TPSA) is 75.9 Å². The number of amides is 1. The van der Waals surface area contributed by atoms with Crippen LogP contribution in [0.1, 0.15) is 33.6 Å². The van der Waals surface area contributed by atoms with Gasteiger partial charge in [0.15, 0.2) is 11.5 Å². The number of hydrogen-bond acceptors (Lipinski definition) is 5. The van der Waals surface area contributed by atoms with Gasteiger partial charge < -0.3 is 14.8 Å². The molecule has 2 aromatic heterocycles. The standard InChI is InChI=1S/C17H25FN6O/c1-16(2,3)15(25)19-9-17(18)5-7-24(8-6-17)14-12-13(20-10-21-14)22-11-23(12)4/h10-11H,5-9H2,1-4H3,(H,19,25). The highest BCUT2D eigenvalue weighted by molar-refractivity contribution is 5.83. The Morgan fingerprint density at radius 1 is 1.28 bits per heavy atom. The van der Waals surface area contributed by atoms with E-state index in [2.05, 4.69) is 25.2 Å². The van der Waals surface area contributed by atoms with Gasteiger partial charge in [0.25, 0.3) is 0 Å². The Hall–Kier alpha value is -2.25. The Kier molecular flexibility index (Phi) is 4.38. The van der Waals surface area contributed by atoms with Crippen molar-refractivity contribution in [2.24, 2.45) is 12.5 Å². The van der Waals surface area contributed by atoms with Crippen molar-refractivity contribution in [2.75, 3.05) is 24.5 Å². The van der Waals surface area contributed by atoms with Crippen LogP contribution in [0.25, 0.3) is 11.2 Å². The van der Waals surface area contributed by atoms with E-state index < -0.39 is 11.1 Å². The number of anilines is 1. The molecule has 0 spiro atoms. The summed E-state index contributed by atoms with van der Waals surface area (Å²) in [6, 6.07) is 0. The number of rotatable bonds is 3. The van der Waals surface area contributed by atoms with Gasteiger partial charge in [-0.2, -0.15) is 0 Å². The number of carbonyl (C=O) groups is 1. The van der Waals surface area contributed by atoms with Crippen molar-refractivity contribution in [1.82, 2.24) is 24.8 Å². The summed E-state index contributed by atoms with van der Waals surface area (Å²) in [5, 5.41) is 2.75. The molecule has 0 saturated carbocycles. The van der Waals surface area contributed by atoms with Crippen molar-refractivity contribution < 1.29 is 9.18 Å². The van der Waals surface area contributed by atoms with Gasteiger partial charge >= 0.3 is 0 Å². The number of aryl methyl sites for hydroxylation is 1. The summed E-state index contributed by atoms with van der Waals surface area (Å²) in [4.78, 5) is 26.8. The number of carbonyl (C=O) groups excluding carboxylic acids is 1. The molecule has 8 heteroatoms. The normalized spacial score (nSPS) is 17.7. The zero-order valence-electron chi connectivity index (χ0n) is 15.2. The lowest BCUT2D eigenvalue weighted by Gasteiger charge is -2.37. The van der Waals surface area contributed by atoms with Gasteiger partial charge in [0, 0.05) is 38.4 Å². The van der Waals surface area contributed by atoms with Gasteiger partial charge in [0.1, 0.15) is 17.5 Å². The Morgan fingerprint density at radius 2 is 1.96 bits per heavy atom. The fourth-order valence-electron chi connectivity index (χ4n) is 3.00. The Balaban J connectivity index is 1.67. The summed E-state index contributed by atoms with van der Waals surface area (Å²) in [6.07, 6.45) is 3.89. The first-order valence-electron chi connectivity index (χ1n) is 8.54. The second-order valence-corrected chi connectivity index (χ2v) is 7.80. The molecule has 0 atom stereocenters. The zero-order chi connectivity index (χ0) is 18.2. The molecule has 3 heterocycles. The molecule has 0 aromatic carbocycles. The largest absolute Gasteiger partial charge is 0.354 e. The lowest BCUT2D eigenvalue weighted by Crippen LogP contribution is -2.50. The Labute approximate surface area is 146 Å². The molecule has 3 rings (SSSR count). The van der Waals surface area contributed by atoms with Gasteiger partial charge in [-0.15, -0.1) is 0 Å². The summed E-state index contributed by atoms with van der Waals surface area (Å²) < 4.78 is 16.9. The van der Waals surface area contributed by atoms with Gasteiger partial charge in [0.2, 0.25) is 5.91 Å². The molecule has 1 amide bonds. The van der Waals surface area contributed by atoms with E-state index in [1.807, 2.05) is 32.4 Å². The average molecular weight is 348 g/mol. The van der Waals surface area contributed by atoms with Crippen LogP contribution >= 0.6 is 0 Å². The Morgan fingerprint density at radius 3 is 2.60 bits per heavy atom. The minimum atomic E-state index is -1.38. The van der Waals surface area contributed by atoms with Crippen LogP contribution in [0.2, 0.25) is 0 Å². The highest BCUT2D eigenvalue weighted by Gasteiger charge is 2.36. The molecule has 136 valence electrons. The van der Waals surface area contributed by atoms with Crippen LogP contribution in [0.5, 0.6) is 0 Å². The molecule has 0 radical (unpaired) electrons. The number of nitrogens with one attached hydrogen (secondary N) is 1. The third-order valence-corrected chi connectivity index (χ3v) is 4.70. The van der Waals surface area contributed by atoms with Gasteiger partial charge in [-0.25, -0.2) is 19.3 Å². The third kappa shape index (κ3) is 3.57. The number of halogens is 1. The van der Waals surface area contributed by atoms with Gasteiger partial charge in [-0.05, 0) is 0 Å². The van der Waals surface area contributed by atoms with E-state index in [1.54, 1.807) is 6.33 Å². The van der Waals surface area contributed by atoms with E-state index in [1.165, 1.54) is 6.33 Å². The van der Waals surface area contributed by atoms with Crippen molar-refractivity contribution in [3.63, 3.8) is 0 Å². The lowest BCUT2D eigenvalue weighted by atomic mass is 9.91. The van der Waals surface area contributed by atoms with Crippen molar-refractivity contribution in [3.05, 3.63) is 12.7 Å². The van der Waals surface area contributed by atoms with Crippen LogP contribution in [-0.4, -0.2) is 50.7 Å². The quantitative estimate of drug-likeness (QED) is 0.916. The summed E-state index contributed by atoms with van der Waals surface area (Å²) in [7, 11) is 1.90. The van der Waals surface area contributed by atoms with Crippen molar-refractivity contribution in [3.8, 4) is 0 Å². The molecule has 1 aliphatic heterocycles. The number of imidazole rings is 1. The smallest absolute Gasteiger partial charge is 0.225 e. The monoisotopic (exact) mass is 348 g/mol. The zero-order valence-corrected chi connectivity index (χ0v) is 15.2. The molecule has 1 fully saturated rings. The summed E-state index contributed by atoms with van der Waals surface area (Å²) in [5.41, 5.74) is -0.393. The van der Waals surface area contributed by atoms with Gasteiger partial charge in [-0.1, -0.05) is 20.8 Å². The van der Waals surface area contributed by atoms with E-state index >= 15 is 4.39 Å². The molecular weight excluding hydrogens is 323 g/mol. The maximum atomic E-state index is 15.1. The molecule has 1 aliphatic rings. The van der Waals surface area contributed by atoms with Crippen LogP contribution < -0.4 is 10.2 Å². The van der Waals surface area contributed by atoms with Crippen LogP contribution in [0.15, 0.2) is 12.7 Å². The van der Waals surface area contributed by atoms with Crippen LogP contribution in [0, 0.1) is 5.41 Å². The predicted octanol–water partition coefficient (Wildman–Crippen LogP) is 1.83. The maximum Gasteiger partial charge on any atom is 0.225 e. The van der Waals surface area contributed by atoms with Crippen LogP contribution in [0.4, 0.5) is 10.2 Å². The minimum absolute atomic E-state index is 0.0574. The first-order valence-corrected chi connectivity index (χ1v) is 8.54. The number of aromatic nitrogens is 4. The first-order chi connectivity index (χ1) is 11.7. The molecule has 25 heavy (non-hydrogen) atoms. The van der Waals surface area contributed by atoms with Gasteiger partial charge in [-0.3, -0.25) is 4.79 Å². The summed E-state index contributed by atoms with van der Waals surface area (Å²) in [6.45, 7) is 6.61. The van der Waals surface area contributed by atoms with E-state index in [0.29, 0.717) is 31.6 Å². The minimum Gasteiger partial charge on any atom is -0.354 e. The fraction of sp³-hybridized carbons (Fsp3) is 0.647. The van der Waals surface area contributed by atoms with Crippen LogP contribution in [0.3, 0.4) is 0 Å². The molecule has 0 unspecified atom stereocenters. The van der Waals surface area contributed by atoms with Crippen molar-refractivity contribution in [2.45, 2.75) is 39.3 Å². The van der Waals surface area contributed by atoms with Crippen molar-refractivity contribution in [1.29, 1.82) is 0 Å². The third-order valence-electron chi connectivity index (χ3n) is 4.70. The molecule has 7 nitrogen and oxygen atoms in total. The van der Waals surface area contributed by atoms with E-state index in [4.69, 9.17) is 0 Å². The number of fused-ring (bicyclic) bond motifs is 1. The number of hydrogen-bond donors (Lipinski definition) is 1. The van der Waals surface area contributed by atoms with Gasteiger partial charge in [0.05, 0.1) is 12.9 Å². The first kappa shape index (κ1) is 17.6. The number of piperidine rings is 1. The predicted molar refractivity (Wildman–Crippen MR) is 94.1 cm³/mol. The molecule has 0 aliphatic carbocycles. The molecule has 0 bridgehead atoms. The summed E-state index contributed by atoms with van der Waals surface area (Å²) in [5.74, 6) is 0.658. The Bertz CT molecular complexity index is 773. The SMILES string of the molecule is Cn1cnc2ncnc(N3CCC(F)(CNC(=O)C(C)(C)C)CC3)c21.